The summed E-state index contributed by atoms with van der Waals surface area (Å²) in [6.45, 7) is -0.298. The Morgan fingerprint density at radius 2 is 2.07 bits per heavy atom. The minimum absolute atomic E-state index is 0.117. The van der Waals surface area contributed by atoms with Gasteiger partial charge in [-0.3, -0.25) is 0 Å². The number of rotatable bonds is 4. The van der Waals surface area contributed by atoms with Crippen molar-refractivity contribution in [3.8, 4) is 0 Å². The third-order valence-electron chi connectivity index (χ3n) is 1.74. The van der Waals surface area contributed by atoms with Crippen LogP contribution in [0.2, 0.25) is 0 Å². The zero-order chi connectivity index (χ0) is 11.4. The van der Waals surface area contributed by atoms with E-state index in [0.717, 1.165) is 0 Å². The van der Waals surface area contributed by atoms with Crippen molar-refractivity contribution in [1.82, 2.24) is 4.98 Å². The van der Waals surface area contributed by atoms with Crippen LogP contribution in [0, 0.1) is 0 Å². The number of nitrogens with one attached hydrogen (secondary N) is 1. The summed E-state index contributed by atoms with van der Waals surface area (Å²) in [6, 6.07) is 2.99. The van der Waals surface area contributed by atoms with Crippen LogP contribution >= 0.6 is 0 Å². The number of aliphatic hydroxyl groups is 1. The standard InChI is InChI=1S/C8H12F2N4O/c9-7(10)5(15)3-13-6-2-1-4(11)8(12)14-6/h1-2,5,7,15H,3,11H2,(H3,12,13,14). The Morgan fingerprint density at radius 3 is 2.60 bits per heavy atom. The maximum atomic E-state index is 11.9. The van der Waals surface area contributed by atoms with E-state index in [2.05, 4.69) is 10.3 Å². The van der Waals surface area contributed by atoms with Gasteiger partial charge >= 0.3 is 0 Å². The van der Waals surface area contributed by atoms with Crippen LogP contribution in [0.5, 0.6) is 0 Å². The molecule has 0 bridgehead atoms. The van der Waals surface area contributed by atoms with E-state index in [1.165, 1.54) is 12.1 Å². The number of alkyl halides is 2. The van der Waals surface area contributed by atoms with Crippen LogP contribution in [0.1, 0.15) is 0 Å². The van der Waals surface area contributed by atoms with Gasteiger partial charge in [-0.1, -0.05) is 0 Å². The highest BCUT2D eigenvalue weighted by Gasteiger charge is 2.16. The molecule has 6 N–H and O–H groups in total. The van der Waals surface area contributed by atoms with Gasteiger partial charge in [-0.25, -0.2) is 13.8 Å². The largest absolute Gasteiger partial charge is 0.396 e. The lowest BCUT2D eigenvalue weighted by Crippen LogP contribution is -2.27. The average Bonchev–Trinajstić information content (AvgIpc) is 2.19. The van der Waals surface area contributed by atoms with Gasteiger partial charge in [-0.2, -0.15) is 0 Å². The third kappa shape index (κ3) is 3.21. The molecule has 1 aromatic heterocycles. The lowest BCUT2D eigenvalue weighted by atomic mass is 10.3. The van der Waals surface area contributed by atoms with E-state index in [0.29, 0.717) is 11.5 Å². The highest BCUT2D eigenvalue weighted by atomic mass is 19.3. The molecule has 0 fully saturated rings. The first-order valence-corrected chi connectivity index (χ1v) is 4.23. The Bertz CT molecular complexity index is 334. The normalized spacial score (nSPS) is 12.8. The van der Waals surface area contributed by atoms with Gasteiger partial charge in [0.05, 0.1) is 5.69 Å². The summed E-state index contributed by atoms with van der Waals surface area (Å²) in [5.74, 6) is 0.410. The van der Waals surface area contributed by atoms with Gasteiger partial charge in [0, 0.05) is 6.54 Å². The van der Waals surface area contributed by atoms with Crippen molar-refractivity contribution in [2.24, 2.45) is 0 Å². The molecule has 1 heterocycles. The highest BCUT2D eigenvalue weighted by molar-refractivity contribution is 5.61. The van der Waals surface area contributed by atoms with Gasteiger partial charge in [-0.05, 0) is 12.1 Å². The molecule has 0 aliphatic carbocycles. The number of aliphatic hydroxyl groups excluding tert-OH is 1. The van der Waals surface area contributed by atoms with Crippen LogP contribution < -0.4 is 16.8 Å². The van der Waals surface area contributed by atoms with Crippen molar-refractivity contribution in [2.75, 3.05) is 23.3 Å². The number of hydrogen-bond donors (Lipinski definition) is 4. The molecule has 0 aliphatic rings. The lowest BCUT2D eigenvalue weighted by molar-refractivity contribution is 0.00381. The molecule has 5 nitrogen and oxygen atoms in total. The van der Waals surface area contributed by atoms with E-state index in [-0.39, 0.29) is 12.4 Å². The molecule has 7 heteroatoms. The average molecular weight is 218 g/mol. The molecule has 1 atom stereocenters. The predicted molar refractivity (Wildman–Crippen MR) is 53.6 cm³/mol. The van der Waals surface area contributed by atoms with Crippen molar-refractivity contribution in [2.45, 2.75) is 12.5 Å². The highest BCUT2D eigenvalue weighted by Crippen LogP contribution is 2.14. The molecular formula is C8H12F2N4O. The zero-order valence-corrected chi connectivity index (χ0v) is 7.82. The summed E-state index contributed by atoms with van der Waals surface area (Å²) >= 11 is 0. The monoisotopic (exact) mass is 218 g/mol. The van der Waals surface area contributed by atoms with Gasteiger partial charge < -0.3 is 21.9 Å². The molecule has 15 heavy (non-hydrogen) atoms. The van der Waals surface area contributed by atoms with E-state index >= 15 is 0 Å². The maximum Gasteiger partial charge on any atom is 0.265 e. The predicted octanol–water partition coefficient (Wildman–Crippen LogP) is 0.284. The number of nitrogen functional groups attached to an aromatic ring is 2. The van der Waals surface area contributed by atoms with Crippen molar-refractivity contribution in [1.29, 1.82) is 0 Å². The molecule has 0 radical (unpaired) electrons. The Morgan fingerprint density at radius 1 is 1.40 bits per heavy atom. The number of halogens is 2. The van der Waals surface area contributed by atoms with E-state index < -0.39 is 12.5 Å². The van der Waals surface area contributed by atoms with E-state index in [4.69, 9.17) is 16.6 Å². The second-order valence-corrected chi connectivity index (χ2v) is 2.95. The first-order valence-electron chi connectivity index (χ1n) is 4.23. The van der Waals surface area contributed by atoms with Crippen LogP contribution in [0.3, 0.4) is 0 Å². The van der Waals surface area contributed by atoms with E-state index in [9.17, 15) is 8.78 Å². The fraction of sp³-hybridized carbons (Fsp3) is 0.375. The fourth-order valence-electron chi connectivity index (χ4n) is 0.882. The first kappa shape index (κ1) is 11.4. The van der Waals surface area contributed by atoms with E-state index in [1.54, 1.807) is 0 Å². The smallest absolute Gasteiger partial charge is 0.265 e. The SMILES string of the molecule is Nc1ccc(NCC(O)C(F)F)nc1N. The quantitative estimate of drug-likeness (QED) is 0.582. The Hall–Kier alpha value is -1.63. The number of nitrogens with zero attached hydrogens (tertiary/aromatic N) is 1. The molecule has 1 aromatic rings. The lowest BCUT2D eigenvalue weighted by Gasteiger charge is -2.11. The van der Waals surface area contributed by atoms with Crippen LogP contribution in [0.15, 0.2) is 12.1 Å². The molecule has 0 saturated carbocycles. The number of aromatic nitrogens is 1. The summed E-state index contributed by atoms with van der Waals surface area (Å²) < 4.78 is 23.8. The number of nitrogens with two attached hydrogens (primary N) is 2. The van der Waals surface area contributed by atoms with Crippen LogP contribution in [0.4, 0.5) is 26.1 Å². The van der Waals surface area contributed by atoms with Crippen LogP contribution in [0.25, 0.3) is 0 Å². The van der Waals surface area contributed by atoms with E-state index in [1.807, 2.05) is 0 Å². The number of hydrogen-bond acceptors (Lipinski definition) is 5. The maximum absolute atomic E-state index is 11.9. The molecular weight excluding hydrogens is 206 g/mol. The molecule has 0 aliphatic heterocycles. The van der Waals surface area contributed by atoms with Crippen molar-refractivity contribution in [3.05, 3.63) is 12.1 Å². The molecule has 0 aromatic carbocycles. The van der Waals surface area contributed by atoms with Crippen molar-refractivity contribution in [3.63, 3.8) is 0 Å². The van der Waals surface area contributed by atoms with Crippen molar-refractivity contribution >= 4 is 17.3 Å². The van der Waals surface area contributed by atoms with Gasteiger partial charge in [0.1, 0.15) is 17.7 Å². The van der Waals surface area contributed by atoms with Gasteiger partial charge in [0.15, 0.2) is 0 Å². The fourth-order valence-corrected chi connectivity index (χ4v) is 0.882. The second kappa shape index (κ2) is 4.74. The Balaban J connectivity index is 2.55. The molecule has 84 valence electrons. The first-order chi connectivity index (χ1) is 7.00. The summed E-state index contributed by atoms with van der Waals surface area (Å²) in [5.41, 5.74) is 11.1. The summed E-state index contributed by atoms with van der Waals surface area (Å²) in [7, 11) is 0. The van der Waals surface area contributed by atoms with Crippen LogP contribution in [-0.4, -0.2) is 29.2 Å². The molecule has 1 unspecified atom stereocenters. The summed E-state index contributed by atoms with van der Waals surface area (Å²) in [4.78, 5) is 3.79. The van der Waals surface area contributed by atoms with Gasteiger partial charge in [0.25, 0.3) is 6.43 Å². The molecule has 0 spiro atoms. The molecule has 1 rings (SSSR count). The van der Waals surface area contributed by atoms with Crippen LogP contribution in [-0.2, 0) is 0 Å². The minimum Gasteiger partial charge on any atom is -0.396 e. The molecule has 0 saturated heterocycles. The number of pyridine rings is 1. The van der Waals surface area contributed by atoms with Gasteiger partial charge in [-0.15, -0.1) is 0 Å². The minimum atomic E-state index is -2.79. The number of anilines is 3. The Labute approximate surface area is 85.1 Å². The topological polar surface area (TPSA) is 97.2 Å². The summed E-state index contributed by atoms with van der Waals surface area (Å²) in [6.07, 6.45) is -4.52. The van der Waals surface area contributed by atoms with Crippen molar-refractivity contribution < 1.29 is 13.9 Å². The van der Waals surface area contributed by atoms with Gasteiger partial charge in [0.2, 0.25) is 0 Å². The molecule has 0 amide bonds. The summed E-state index contributed by atoms with van der Waals surface area (Å²) in [5, 5.41) is 11.3. The third-order valence-corrected chi connectivity index (χ3v) is 1.74. The zero-order valence-electron chi connectivity index (χ0n) is 7.82. The second-order valence-electron chi connectivity index (χ2n) is 2.95. The Kier molecular flexibility index (Phi) is 3.62.